The van der Waals surface area contributed by atoms with Gasteiger partial charge in [-0.15, -0.1) is 0 Å². The van der Waals surface area contributed by atoms with Crippen molar-refractivity contribution in [1.29, 1.82) is 0 Å². The Hall–Kier alpha value is -3.82. The smallest absolute Gasteiger partial charge is 0.270 e. The van der Waals surface area contributed by atoms with E-state index in [1.807, 2.05) is 0 Å². The van der Waals surface area contributed by atoms with Crippen molar-refractivity contribution >= 4 is 17.9 Å². The van der Waals surface area contributed by atoms with Gasteiger partial charge in [-0.1, -0.05) is 0 Å². The summed E-state index contributed by atoms with van der Waals surface area (Å²) in [5, 5.41) is 13.4. The number of carbonyl (C=O) groups excluding carboxylic acids is 2. The number of nitro groups is 1. The topological polar surface area (TPSA) is 126 Å². The van der Waals surface area contributed by atoms with Crippen LogP contribution >= 0.6 is 0 Å². The first kappa shape index (κ1) is 21.5. The lowest BCUT2D eigenvalue weighted by Gasteiger charge is -2.14. The van der Waals surface area contributed by atoms with Gasteiger partial charge < -0.3 is 24.3 Å². The van der Waals surface area contributed by atoms with Crippen molar-refractivity contribution in [2.24, 2.45) is 0 Å². The highest BCUT2D eigenvalue weighted by atomic mass is 16.6. The molecule has 0 aliphatic rings. The molecule has 0 fully saturated rings. The number of hydrogen-bond donors (Lipinski definition) is 1. The van der Waals surface area contributed by atoms with Gasteiger partial charge >= 0.3 is 0 Å². The Morgan fingerprint density at radius 2 is 1.72 bits per heavy atom. The molecule has 0 atom stereocenters. The molecule has 0 radical (unpaired) electrons. The van der Waals surface area contributed by atoms with Crippen molar-refractivity contribution in [2.75, 3.05) is 27.9 Å². The second-order valence-corrected chi connectivity index (χ2v) is 5.70. The summed E-state index contributed by atoms with van der Waals surface area (Å²) in [6, 6.07) is 6.94. The Morgan fingerprint density at radius 1 is 1.07 bits per heavy atom. The minimum absolute atomic E-state index is 0.0170. The molecule has 0 saturated heterocycles. The average Bonchev–Trinajstić information content (AvgIpc) is 2.74. The van der Waals surface area contributed by atoms with Crippen molar-refractivity contribution < 1.29 is 33.5 Å². The number of rotatable bonds is 10. The van der Waals surface area contributed by atoms with E-state index >= 15 is 0 Å². The van der Waals surface area contributed by atoms with Gasteiger partial charge in [-0.25, -0.2) is 0 Å². The van der Waals surface area contributed by atoms with Gasteiger partial charge in [0.1, 0.15) is 5.75 Å². The molecule has 2 aromatic rings. The molecular formula is C19H20N2O8. The number of carbonyl (C=O) groups is 2. The molecule has 2 rings (SSSR count). The number of non-ortho nitro benzene ring substituents is 1. The molecule has 1 amide bonds. The minimum Gasteiger partial charge on any atom is -0.493 e. The molecule has 2 aromatic carbocycles. The number of benzene rings is 2. The zero-order valence-electron chi connectivity index (χ0n) is 16.1. The maximum absolute atomic E-state index is 12.1. The fraction of sp³-hybridized carbons (Fsp3) is 0.263. The SMILES string of the molecule is COc1cc(CNC(=O)COc2ccc([N+](=O)[O-])cc2C=O)cc(OC)c1OC. The summed E-state index contributed by atoms with van der Waals surface area (Å²) in [6.07, 6.45) is 0.427. The van der Waals surface area contributed by atoms with Gasteiger partial charge in [-0.2, -0.15) is 0 Å². The Kier molecular flexibility index (Phi) is 7.35. The van der Waals surface area contributed by atoms with Gasteiger partial charge in [-0.3, -0.25) is 19.7 Å². The van der Waals surface area contributed by atoms with Crippen LogP contribution in [0.4, 0.5) is 5.69 Å². The van der Waals surface area contributed by atoms with Crippen LogP contribution in [0, 0.1) is 10.1 Å². The molecule has 29 heavy (non-hydrogen) atoms. The summed E-state index contributed by atoms with van der Waals surface area (Å²) >= 11 is 0. The Morgan fingerprint density at radius 3 is 2.24 bits per heavy atom. The predicted molar refractivity (Wildman–Crippen MR) is 102 cm³/mol. The summed E-state index contributed by atoms with van der Waals surface area (Å²) < 4.78 is 21.1. The van der Waals surface area contributed by atoms with E-state index in [1.54, 1.807) is 12.1 Å². The third-order valence-electron chi connectivity index (χ3n) is 3.90. The first-order valence-corrected chi connectivity index (χ1v) is 8.35. The monoisotopic (exact) mass is 404 g/mol. The highest BCUT2D eigenvalue weighted by molar-refractivity contribution is 5.82. The summed E-state index contributed by atoms with van der Waals surface area (Å²) in [4.78, 5) is 33.3. The fourth-order valence-corrected chi connectivity index (χ4v) is 2.51. The Balaban J connectivity index is 2.00. The van der Waals surface area contributed by atoms with Crippen LogP contribution in [-0.2, 0) is 11.3 Å². The zero-order chi connectivity index (χ0) is 21.4. The number of nitro benzene ring substituents is 1. The average molecular weight is 404 g/mol. The van der Waals surface area contributed by atoms with Crippen molar-refractivity contribution in [2.45, 2.75) is 6.54 Å². The molecule has 0 spiro atoms. The lowest BCUT2D eigenvalue weighted by atomic mass is 10.1. The Bertz CT molecular complexity index is 888. The largest absolute Gasteiger partial charge is 0.493 e. The van der Waals surface area contributed by atoms with Crippen LogP contribution < -0.4 is 24.3 Å². The molecule has 0 aliphatic heterocycles. The number of ether oxygens (including phenoxy) is 4. The van der Waals surface area contributed by atoms with Crippen LogP contribution in [0.3, 0.4) is 0 Å². The van der Waals surface area contributed by atoms with E-state index in [2.05, 4.69) is 5.32 Å². The molecule has 0 aliphatic carbocycles. The minimum atomic E-state index is -0.624. The van der Waals surface area contributed by atoms with Gasteiger partial charge in [0, 0.05) is 18.7 Å². The predicted octanol–water partition coefficient (Wildman–Crippen LogP) is 2.13. The number of hydrogen-bond acceptors (Lipinski definition) is 8. The van der Waals surface area contributed by atoms with E-state index in [0.29, 0.717) is 29.1 Å². The molecule has 0 aromatic heterocycles. The summed E-state index contributed by atoms with van der Waals surface area (Å²) in [5.74, 6) is 0.971. The maximum atomic E-state index is 12.1. The van der Waals surface area contributed by atoms with E-state index in [-0.39, 0.29) is 30.2 Å². The summed E-state index contributed by atoms with van der Waals surface area (Å²) in [5.41, 5.74) is 0.444. The third kappa shape index (κ3) is 5.34. The highest BCUT2D eigenvalue weighted by Crippen LogP contribution is 2.38. The molecule has 10 heteroatoms. The molecule has 10 nitrogen and oxygen atoms in total. The van der Waals surface area contributed by atoms with Crippen molar-refractivity contribution in [3.05, 3.63) is 51.6 Å². The van der Waals surface area contributed by atoms with E-state index < -0.39 is 10.8 Å². The van der Waals surface area contributed by atoms with Gasteiger partial charge in [0.15, 0.2) is 24.4 Å². The second kappa shape index (κ2) is 9.93. The molecular weight excluding hydrogens is 384 g/mol. The highest BCUT2D eigenvalue weighted by Gasteiger charge is 2.15. The quantitative estimate of drug-likeness (QED) is 0.363. The first-order chi connectivity index (χ1) is 13.9. The number of nitrogens with one attached hydrogen (secondary N) is 1. The van der Waals surface area contributed by atoms with Crippen LogP contribution in [0.5, 0.6) is 23.0 Å². The lowest BCUT2D eigenvalue weighted by molar-refractivity contribution is -0.384. The van der Waals surface area contributed by atoms with E-state index in [4.69, 9.17) is 18.9 Å². The Labute approximate surface area is 166 Å². The van der Waals surface area contributed by atoms with Crippen LogP contribution in [0.2, 0.25) is 0 Å². The molecule has 0 heterocycles. The number of nitrogens with zero attached hydrogens (tertiary/aromatic N) is 1. The summed E-state index contributed by atoms with van der Waals surface area (Å²) in [6.45, 7) is -0.206. The molecule has 0 unspecified atom stereocenters. The normalized spacial score (nSPS) is 10.0. The molecule has 0 saturated carbocycles. The lowest BCUT2D eigenvalue weighted by Crippen LogP contribution is -2.28. The van der Waals surface area contributed by atoms with Crippen molar-refractivity contribution in [3.8, 4) is 23.0 Å². The van der Waals surface area contributed by atoms with Crippen LogP contribution in [0.15, 0.2) is 30.3 Å². The van der Waals surface area contributed by atoms with Gasteiger partial charge in [0.25, 0.3) is 11.6 Å². The van der Waals surface area contributed by atoms with Crippen LogP contribution in [0.1, 0.15) is 15.9 Å². The van der Waals surface area contributed by atoms with E-state index in [0.717, 1.165) is 6.07 Å². The fourth-order valence-electron chi connectivity index (χ4n) is 2.51. The zero-order valence-corrected chi connectivity index (χ0v) is 16.1. The maximum Gasteiger partial charge on any atom is 0.270 e. The van der Waals surface area contributed by atoms with Crippen molar-refractivity contribution in [3.63, 3.8) is 0 Å². The van der Waals surface area contributed by atoms with Crippen molar-refractivity contribution in [1.82, 2.24) is 5.32 Å². The standard InChI is InChI=1S/C19H20N2O8/c1-26-16-6-12(7-17(27-2)19(16)28-3)9-20-18(23)11-29-15-5-4-14(21(24)25)8-13(15)10-22/h4-8,10H,9,11H2,1-3H3,(H,20,23). The second-order valence-electron chi connectivity index (χ2n) is 5.70. The third-order valence-corrected chi connectivity index (χ3v) is 3.90. The summed E-state index contributed by atoms with van der Waals surface area (Å²) in [7, 11) is 4.47. The van der Waals surface area contributed by atoms with Gasteiger partial charge in [0.2, 0.25) is 5.75 Å². The number of amides is 1. The van der Waals surface area contributed by atoms with Crippen LogP contribution in [-0.4, -0.2) is 45.1 Å². The van der Waals surface area contributed by atoms with E-state index in [1.165, 1.54) is 33.5 Å². The number of aldehydes is 1. The molecule has 1 N–H and O–H groups in total. The van der Waals surface area contributed by atoms with Crippen LogP contribution in [0.25, 0.3) is 0 Å². The van der Waals surface area contributed by atoms with Gasteiger partial charge in [-0.05, 0) is 23.8 Å². The van der Waals surface area contributed by atoms with E-state index in [9.17, 15) is 19.7 Å². The molecule has 0 bridgehead atoms. The first-order valence-electron chi connectivity index (χ1n) is 8.35. The number of methoxy groups -OCH3 is 3. The van der Waals surface area contributed by atoms with Gasteiger partial charge in [0.05, 0.1) is 31.8 Å². The molecule has 154 valence electrons.